The Kier molecular flexibility index (Phi) is 9.32. The zero-order valence-corrected chi connectivity index (χ0v) is 25.6. The Hall–Kier alpha value is -5.13. The number of para-hydroxylation sites is 2. The number of piperidine rings is 2. The van der Waals surface area contributed by atoms with Gasteiger partial charge in [0, 0.05) is 56.0 Å². The molecule has 0 bridgehead atoms. The van der Waals surface area contributed by atoms with Crippen LogP contribution in [0.4, 0.5) is 0 Å². The predicted molar refractivity (Wildman–Crippen MR) is 172 cm³/mol. The van der Waals surface area contributed by atoms with Gasteiger partial charge in [-0.05, 0) is 68.0 Å². The first-order chi connectivity index (χ1) is 22.4. The molecule has 1 unspecified atom stereocenters. The van der Waals surface area contributed by atoms with Gasteiger partial charge < -0.3 is 20.3 Å². The molecule has 4 heterocycles. The molecule has 2 fully saturated rings. The van der Waals surface area contributed by atoms with Gasteiger partial charge in [-0.25, -0.2) is 4.98 Å². The van der Waals surface area contributed by atoms with Crippen molar-refractivity contribution in [3.8, 4) is 5.75 Å². The second-order valence-corrected chi connectivity index (χ2v) is 11.8. The van der Waals surface area contributed by atoms with Crippen molar-refractivity contribution >= 4 is 46.4 Å². The van der Waals surface area contributed by atoms with Crippen molar-refractivity contribution in [1.29, 1.82) is 0 Å². The number of nitrogens with two attached hydrogens (primary N) is 1. The molecule has 3 aliphatic heterocycles. The van der Waals surface area contributed by atoms with Crippen LogP contribution < -0.4 is 15.8 Å². The molecule has 3 N–H and O–H groups in total. The fourth-order valence-electron chi connectivity index (χ4n) is 6.11. The molecule has 1 aromatic heterocycles. The van der Waals surface area contributed by atoms with Crippen molar-refractivity contribution < 1.29 is 23.9 Å². The number of nitrogens with one attached hydrogen (secondary N) is 1. The lowest BCUT2D eigenvalue weighted by Gasteiger charge is -2.30. The summed E-state index contributed by atoms with van der Waals surface area (Å²) in [7, 11) is 0. The maximum Gasteiger partial charge on any atom is 0.255 e. The van der Waals surface area contributed by atoms with Crippen molar-refractivity contribution in [2.45, 2.75) is 63.6 Å². The molecule has 3 aliphatic rings. The Balaban J connectivity index is 0.903. The summed E-state index contributed by atoms with van der Waals surface area (Å²) in [4.78, 5) is 66.7. The van der Waals surface area contributed by atoms with Gasteiger partial charge in [0.1, 0.15) is 11.8 Å². The van der Waals surface area contributed by atoms with Crippen molar-refractivity contribution in [3.05, 3.63) is 71.7 Å². The number of ether oxygens (including phenoxy) is 1. The lowest BCUT2D eigenvalue weighted by molar-refractivity contribution is -0.137. The third-order valence-corrected chi connectivity index (χ3v) is 8.71. The number of hydrogen-bond donors (Lipinski definition) is 2. The molecule has 1 atom stereocenters. The van der Waals surface area contributed by atoms with E-state index in [0.29, 0.717) is 68.1 Å². The number of aromatic nitrogens is 2. The molecule has 3 aromatic rings. The van der Waals surface area contributed by atoms with Crippen LogP contribution in [0.1, 0.15) is 66.6 Å². The molecule has 12 heteroatoms. The SMILES string of the molecule is NC=C(C=NC1CCN(C(=O)CCCCOc2ccc3c(c2)CN(C2CCC(=O)NC2=O)C3=O)CC1)c1cnc2ccccc2n1. The topological polar surface area (TPSA) is 160 Å². The van der Waals surface area contributed by atoms with Crippen LogP contribution in [0.2, 0.25) is 0 Å². The van der Waals surface area contributed by atoms with Gasteiger partial charge in [-0.15, -0.1) is 0 Å². The highest BCUT2D eigenvalue weighted by atomic mass is 16.5. The molecule has 2 saturated heterocycles. The van der Waals surface area contributed by atoms with Crippen LogP contribution in [0.3, 0.4) is 0 Å². The first-order valence-corrected chi connectivity index (χ1v) is 15.7. The van der Waals surface area contributed by atoms with Crippen molar-refractivity contribution in [2.75, 3.05) is 19.7 Å². The summed E-state index contributed by atoms with van der Waals surface area (Å²) in [6.07, 6.45) is 8.96. The number of hydrogen-bond acceptors (Lipinski definition) is 9. The minimum atomic E-state index is -0.643. The van der Waals surface area contributed by atoms with Crippen LogP contribution in [0, 0.1) is 0 Å². The number of unbranched alkanes of at least 4 members (excludes halogenated alkanes) is 1. The quantitative estimate of drug-likeness (QED) is 0.198. The van der Waals surface area contributed by atoms with Crippen LogP contribution in [0.5, 0.6) is 5.75 Å². The van der Waals surface area contributed by atoms with Gasteiger partial charge in [0.05, 0.1) is 35.6 Å². The van der Waals surface area contributed by atoms with E-state index < -0.39 is 11.9 Å². The number of likely N-dealkylation sites (tertiary alicyclic amines) is 1. The number of carbonyl (C=O) groups excluding carboxylic acids is 4. The van der Waals surface area contributed by atoms with E-state index in [9.17, 15) is 19.2 Å². The summed E-state index contributed by atoms with van der Waals surface area (Å²) in [5, 5.41) is 2.32. The summed E-state index contributed by atoms with van der Waals surface area (Å²) in [5.74, 6) is -0.161. The molecule has 0 spiro atoms. The van der Waals surface area contributed by atoms with Gasteiger partial charge in [0.15, 0.2) is 0 Å². The van der Waals surface area contributed by atoms with Crippen LogP contribution >= 0.6 is 0 Å². The minimum Gasteiger partial charge on any atom is -0.494 e. The molecule has 0 saturated carbocycles. The zero-order valence-electron chi connectivity index (χ0n) is 25.6. The largest absolute Gasteiger partial charge is 0.494 e. The van der Waals surface area contributed by atoms with Gasteiger partial charge in [-0.2, -0.15) is 0 Å². The Morgan fingerprint density at radius 3 is 2.65 bits per heavy atom. The van der Waals surface area contributed by atoms with Crippen molar-refractivity contribution in [1.82, 2.24) is 25.1 Å². The van der Waals surface area contributed by atoms with E-state index in [1.54, 1.807) is 24.5 Å². The normalized spacial score (nSPS) is 19.2. The molecule has 0 radical (unpaired) electrons. The third kappa shape index (κ3) is 6.90. The smallest absolute Gasteiger partial charge is 0.255 e. The van der Waals surface area contributed by atoms with Gasteiger partial charge in [-0.3, -0.25) is 34.5 Å². The van der Waals surface area contributed by atoms with Crippen molar-refractivity contribution in [3.63, 3.8) is 0 Å². The molecular formula is C34H37N7O5. The molecule has 238 valence electrons. The average Bonchev–Trinajstić information content (AvgIpc) is 3.39. The second kappa shape index (κ2) is 13.9. The number of imide groups is 1. The van der Waals surface area contributed by atoms with E-state index in [4.69, 9.17) is 15.5 Å². The Morgan fingerprint density at radius 1 is 1.07 bits per heavy atom. The van der Waals surface area contributed by atoms with Gasteiger partial charge >= 0.3 is 0 Å². The van der Waals surface area contributed by atoms with Crippen molar-refractivity contribution in [2.24, 2.45) is 10.7 Å². The number of amides is 4. The minimum absolute atomic E-state index is 0.111. The Morgan fingerprint density at radius 2 is 1.87 bits per heavy atom. The first kappa shape index (κ1) is 30.9. The second-order valence-electron chi connectivity index (χ2n) is 11.8. The van der Waals surface area contributed by atoms with Crippen LogP contribution in [-0.2, 0) is 20.9 Å². The number of allylic oxidation sites excluding steroid dienone is 1. The fraction of sp³-hybridized carbons (Fsp3) is 0.382. The standard InChI is InChI=1S/C34H37N7O5/c35-18-23(29-20-37-27-5-1-2-6-28(27)38-29)19-36-24-12-14-40(15-13-24)32(43)7-3-4-16-46-25-8-9-26-22(17-25)21-41(34(26)45)30-10-11-31(42)39-33(30)44/h1-2,5-6,8-9,17-20,24,30H,3-4,7,10-16,21,35H2,(H,39,42,44). The van der Waals surface area contributed by atoms with E-state index >= 15 is 0 Å². The molecule has 6 rings (SSSR count). The van der Waals surface area contributed by atoms with E-state index in [1.807, 2.05) is 35.2 Å². The number of aliphatic imine (C=N–C) groups is 1. The van der Waals surface area contributed by atoms with Gasteiger partial charge in [-0.1, -0.05) is 12.1 Å². The Labute approximate surface area is 266 Å². The molecule has 4 amide bonds. The maximum absolute atomic E-state index is 12.9. The van der Waals surface area contributed by atoms with E-state index in [1.165, 1.54) is 11.1 Å². The molecular weight excluding hydrogens is 586 g/mol. The maximum atomic E-state index is 12.9. The predicted octanol–water partition coefficient (Wildman–Crippen LogP) is 3.00. The number of rotatable bonds is 10. The summed E-state index contributed by atoms with van der Waals surface area (Å²) < 4.78 is 5.92. The van der Waals surface area contributed by atoms with E-state index in [-0.39, 0.29) is 30.2 Å². The summed E-state index contributed by atoms with van der Waals surface area (Å²) in [5.41, 5.74) is 10.2. The number of carbonyl (C=O) groups is 4. The summed E-state index contributed by atoms with van der Waals surface area (Å²) >= 11 is 0. The lowest BCUT2D eigenvalue weighted by atomic mass is 10.0. The highest BCUT2D eigenvalue weighted by molar-refractivity contribution is 6.09. The van der Waals surface area contributed by atoms with E-state index in [0.717, 1.165) is 35.9 Å². The summed E-state index contributed by atoms with van der Waals surface area (Å²) in [6, 6.07) is 12.5. The number of fused-ring (bicyclic) bond motifs is 2. The molecule has 12 nitrogen and oxygen atoms in total. The fourth-order valence-corrected chi connectivity index (χ4v) is 6.11. The third-order valence-electron chi connectivity index (χ3n) is 8.71. The van der Waals surface area contributed by atoms with Gasteiger partial charge in [0.2, 0.25) is 17.7 Å². The number of benzene rings is 2. The summed E-state index contributed by atoms with van der Waals surface area (Å²) in [6.45, 7) is 2.08. The molecule has 46 heavy (non-hydrogen) atoms. The van der Waals surface area contributed by atoms with E-state index in [2.05, 4.69) is 15.3 Å². The number of nitrogens with zero attached hydrogens (tertiary/aromatic N) is 5. The van der Waals surface area contributed by atoms with Gasteiger partial charge in [0.25, 0.3) is 5.91 Å². The highest BCUT2D eigenvalue weighted by Crippen LogP contribution is 2.30. The lowest BCUT2D eigenvalue weighted by Crippen LogP contribution is -2.52. The van der Waals surface area contributed by atoms with Crippen LogP contribution in [-0.4, -0.2) is 81.4 Å². The molecule has 2 aromatic carbocycles. The monoisotopic (exact) mass is 623 g/mol. The highest BCUT2D eigenvalue weighted by Gasteiger charge is 2.39. The van der Waals surface area contributed by atoms with Crippen LogP contribution in [0.25, 0.3) is 16.6 Å². The molecule has 0 aliphatic carbocycles. The Bertz CT molecular complexity index is 1710. The van der Waals surface area contributed by atoms with Crippen LogP contribution in [0.15, 0.2) is 59.9 Å². The zero-order chi connectivity index (χ0) is 32.0. The first-order valence-electron chi connectivity index (χ1n) is 15.7. The average molecular weight is 624 g/mol.